The fraction of sp³-hybridized carbons (Fsp3) is 0.0714. The van der Waals surface area contributed by atoms with Crippen molar-refractivity contribution in [2.24, 2.45) is 0 Å². The summed E-state index contributed by atoms with van der Waals surface area (Å²) >= 11 is 6.37. The molecule has 0 saturated carbocycles. The van der Waals surface area contributed by atoms with E-state index < -0.39 is 0 Å². The van der Waals surface area contributed by atoms with Crippen molar-refractivity contribution in [1.82, 2.24) is 0 Å². The van der Waals surface area contributed by atoms with Crippen LogP contribution in [0.25, 0.3) is 0 Å². The molecule has 0 aliphatic rings. The SMILES string of the molecule is O=C(Cc1ccccc1O)c1cc(Br)c(O)c(Br)c1. The molecule has 0 atom stereocenters. The largest absolute Gasteiger partial charge is 0.508 e. The molecule has 0 fully saturated rings. The molecule has 0 unspecified atom stereocenters. The number of aromatic hydroxyl groups is 2. The highest BCUT2D eigenvalue weighted by Crippen LogP contribution is 2.33. The first-order chi connectivity index (χ1) is 8.99. The molecule has 0 aromatic heterocycles. The van der Waals surface area contributed by atoms with Crippen LogP contribution in [-0.2, 0) is 6.42 Å². The molecule has 5 heteroatoms. The fourth-order valence-electron chi connectivity index (χ4n) is 1.66. The quantitative estimate of drug-likeness (QED) is 0.783. The van der Waals surface area contributed by atoms with Gasteiger partial charge in [-0.2, -0.15) is 0 Å². The summed E-state index contributed by atoms with van der Waals surface area (Å²) < 4.78 is 0.894. The van der Waals surface area contributed by atoms with Gasteiger partial charge in [0.05, 0.1) is 8.95 Å². The second-order valence-electron chi connectivity index (χ2n) is 4.02. The molecule has 2 aromatic rings. The maximum Gasteiger partial charge on any atom is 0.167 e. The third-order valence-corrected chi connectivity index (χ3v) is 3.89. The molecule has 0 amide bonds. The minimum Gasteiger partial charge on any atom is -0.508 e. The Kier molecular flexibility index (Phi) is 4.27. The van der Waals surface area contributed by atoms with Gasteiger partial charge in [0.15, 0.2) is 5.78 Å². The number of carbonyl (C=O) groups is 1. The van der Waals surface area contributed by atoms with Crippen molar-refractivity contribution < 1.29 is 15.0 Å². The van der Waals surface area contributed by atoms with Crippen molar-refractivity contribution in [2.75, 3.05) is 0 Å². The van der Waals surface area contributed by atoms with E-state index in [0.29, 0.717) is 20.1 Å². The molecule has 0 spiro atoms. The highest BCUT2D eigenvalue weighted by molar-refractivity contribution is 9.11. The average molecular weight is 386 g/mol. The first kappa shape index (κ1) is 14.1. The summed E-state index contributed by atoms with van der Waals surface area (Å²) in [5.41, 5.74) is 1.03. The molecule has 98 valence electrons. The van der Waals surface area contributed by atoms with E-state index in [9.17, 15) is 15.0 Å². The monoisotopic (exact) mass is 384 g/mol. The summed E-state index contributed by atoms with van der Waals surface area (Å²) in [4.78, 5) is 12.1. The molecule has 19 heavy (non-hydrogen) atoms. The van der Waals surface area contributed by atoms with Gasteiger partial charge in [-0.05, 0) is 50.1 Å². The predicted octanol–water partition coefficient (Wildman–Crippen LogP) is 4.05. The molecule has 0 saturated heterocycles. The van der Waals surface area contributed by atoms with Crippen LogP contribution in [0.2, 0.25) is 0 Å². The molecule has 3 nitrogen and oxygen atoms in total. The number of para-hydroxylation sites is 1. The number of benzene rings is 2. The fourth-order valence-corrected chi connectivity index (χ4v) is 2.85. The smallest absolute Gasteiger partial charge is 0.167 e. The Hall–Kier alpha value is -1.33. The van der Waals surface area contributed by atoms with Gasteiger partial charge in [0.2, 0.25) is 0 Å². The minimum absolute atomic E-state index is 0.0547. The first-order valence-corrected chi connectivity index (χ1v) is 7.05. The molecular formula is C14H10Br2O3. The van der Waals surface area contributed by atoms with E-state index in [4.69, 9.17) is 0 Å². The van der Waals surface area contributed by atoms with E-state index in [1.807, 2.05) is 0 Å². The standard InChI is InChI=1S/C14H10Br2O3/c15-10-5-9(6-11(16)14(10)19)13(18)7-8-3-1-2-4-12(8)17/h1-6,17,19H,7H2. The molecule has 0 radical (unpaired) electrons. The molecule has 2 N–H and O–H groups in total. The molecular weight excluding hydrogens is 376 g/mol. The number of hydrogen-bond acceptors (Lipinski definition) is 3. The second kappa shape index (κ2) is 5.75. The lowest BCUT2D eigenvalue weighted by Crippen LogP contribution is -2.04. The van der Waals surface area contributed by atoms with Crippen LogP contribution in [-0.4, -0.2) is 16.0 Å². The number of ketones is 1. The van der Waals surface area contributed by atoms with Crippen LogP contribution in [0.1, 0.15) is 15.9 Å². The topological polar surface area (TPSA) is 57.5 Å². The summed E-state index contributed by atoms with van der Waals surface area (Å²) in [5, 5.41) is 19.3. The molecule has 0 bridgehead atoms. The summed E-state index contributed by atoms with van der Waals surface area (Å²) in [5.74, 6) is 0.0229. The van der Waals surface area contributed by atoms with E-state index in [2.05, 4.69) is 31.9 Å². The van der Waals surface area contributed by atoms with Crippen LogP contribution in [0.4, 0.5) is 0 Å². The van der Waals surface area contributed by atoms with Crippen molar-refractivity contribution in [2.45, 2.75) is 6.42 Å². The maximum absolute atomic E-state index is 12.1. The Morgan fingerprint density at radius 2 is 1.63 bits per heavy atom. The van der Waals surface area contributed by atoms with Crippen LogP contribution < -0.4 is 0 Å². The summed E-state index contributed by atoms with van der Waals surface area (Å²) in [6.07, 6.45) is 0.107. The zero-order chi connectivity index (χ0) is 14.0. The van der Waals surface area contributed by atoms with Gasteiger partial charge in [-0.25, -0.2) is 0 Å². The van der Waals surface area contributed by atoms with Crippen LogP contribution in [0.15, 0.2) is 45.3 Å². The summed E-state index contributed by atoms with van der Waals surface area (Å²) in [6, 6.07) is 9.84. The van der Waals surface area contributed by atoms with Gasteiger partial charge in [-0.15, -0.1) is 0 Å². The van der Waals surface area contributed by atoms with E-state index in [1.165, 1.54) is 0 Å². The van der Waals surface area contributed by atoms with E-state index in [0.717, 1.165) is 0 Å². The normalized spacial score (nSPS) is 10.4. The van der Waals surface area contributed by atoms with Gasteiger partial charge in [0, 0.05) is 17.5 Å². The number of rotatable bonds is 3. The Labute approximate surface area is 127 Å². The zero-order valence-corrected chi connectivity index (χ0v) is 12.9. The Morgan fingerprint density at radius 3 is 2.21 bits per heavy atom. The lowest BCUT2D eigenvalue weighted by Gasteiger charge is -2.06. The van der Waals surface area contributed by atoms with Crippen molar-refractivity contribution >= 4 is 37.6 Å². The number of phenols is 2. The number of carbonyl (C=O) groups excluding carboxylic acids is 1. The molecule has 2 rings (SSSR count). The minimum atomic E-state index is -0.136. The highest BCUT2D eigenvalue weighted by Gasteiger charge is 2.13. The van der Waals surface area contributed by atoms with Crippen LogP contribution in [0.5, 0.6) is 11.5 Å². The van der Waals surface area contributed by atoms with Gasteiger partial charge in [-0.1, -0.05) is 18.2 Å². The van der Waals surface area contributed by atoms with Crippen LogP contribution in [0, 0.1) is 0 Å². The Morgan fingerprint density at radius 1 is 1.05 bits per heavy atom. The molecule has 0 heterocycles. The van der Waals surface area contributed by atoms with Gasteiger partial charge in [0.25, 0.3) is 0 Å². The Bertz CT molecular complexity index is 615. The zero-order valence-electron chi connectivity index (χ0n) is 9.73. The highest BCUT2D eigenvalue weighted by atomic mass is 79.9. The maximum atomic E-state index is 12.1. The number of halogens is 2. The van der Waals surface area contributed by atoms with Gasteiger partial charge >= 0.3 is 0 Å². The average Bonchev–Trinajstić information content (AvgIpc) is 2.38. The number of Topliss-reactive ketones (excluding diaryl/α,β-unsaturated/α-hetero) is 1. The Balaban J connectivity index is 2.28. The third-order valence-electron chi connectivity index (χ3n) is 2.68. The van der Waals surface area contributed by atoms with E-state index in [-0.39, 0.29) is 23.7 Å². The first-order valence-electron chi connectivity index (χ1n) is 5.47. The van der Waals surface area contributed by atoms with Gasteiger partial charge < -0.3 is 10.2 Å². The number of phenolic OH excluding ortho intramolecular Hbond substituents is 2. The molecule has 0 aliphatic carbocycles. The van der Waals surface area contributed by atoms with Gasteiger partial charge in [-0.3, -0.25) is 4.79 Å². The van der Waals surface area contributed by atoms with E-state index >= 15 is 0 Å². The second-order valence-corrected chi connectivity index (χ2v) is 5.73. The summed E-state index contributed by atoms with van der Waals surface area (Å²) in [7, 11) is 0. The van der Waals surface area contributed by atoms with Crippen molar-refractivity contribution in [1.29, 1.82) is 0 Å². The van der Waals surface area contributed by atoms with Gasteiger partial charge in [0.1, 0.15) is 11.5 Å². The van der Waals surface area contributed by atoms with Crippen LogP contribution >= 0.6 is 31.9 Å². The van der Waals surface area contributed by atoms with Crippen molar-refractivity contribution in [3.8, 4) is 11.5 Å². The predicted molar refractivity (Wildman–Crippen MR) is 79.6 cm³/mol. The lowest BCUT2D eigenvalue weighted by atomic mass is 10.0. The van der Waals surface area contributed by atoms with Crippen LogP contribution in [0.3, 0.4) is 0 Å². The third kappa shape index (κ3) is 3.16. The number of hydrogen-bond donors (Lipinski definition) is 2. The molecule has 0 aliphatic heterocycles. The lowest BCUT2D eigenvalue weighted by molar-refractivity contribution is 0.0992. The van der Waals surface area contributed by atoms with E-state index in [1.54, 1.807) is 36.4 Å². The van der Waals surface area contributed by atoms with Crippen molar-refractivity contribution in [3.05, 3.63) is 56.5 Å². The summed E-state index contributed by atoms with van der Waals surface area (Å²) in [6.45, 7) is 0. The van der Waals surface area contributed by atoms with Crippen molar-refractivity contribution in [3.63, 3.8) is 0 Å². The molecule has 2 aromatic carbocycles.